The largest absolute Gasteiger partial charge is 0.396 e. The summed E-state index contributed by atoms with van der Waals surface area (Å²) in [7, 11) is 1.68. The number of nitrogens with one attached hydrogen (secondary N) is 1. The molecule has 1 aromatic rings. The Balaban J connectivity index is 2.12. The van der Waals surface area contributed by atoms with Crippen molar-refractivity contribution >= 4 is 17.4 Å². The molecular formula is C12H18N4O. The summed E-state index contributed by atoms with van der Waals surface area (Å²) in [6, 6.07) is 3.66. The van der Waals surface area contributed by atoms with Crippen LogP contribution in [-0.4, -0.2) is 31.0 Å². The highest BCUT2D eigenvalue weighted by Gasteiger charge is 2.26. The summed E-state index contributed by atoms with van der Waals surface area (Å²) in [4.78, 5) is 18.0. The summed E-state index contributed by atoms with van der Waals surface area (Å²) in [5.41, 5.74) is 6.57. The number of amides is 1. The fraction of sp³-hybridized carbons (Fsp3) is 0.500. The second-order valence-corrected chi connectivity index (χ2v) is 4.32. The fourth-order valence-electron chi connectivity index (χ4n) is 2.26. The Labute approximate surface area is 101 Å². The van der Waals surface area contributed by atoms with Crippen molar-refractivity contribution in [3.05, 3.63) is 18.3 Å². The van der Waals surface area contributed by atoms with Gasteiger partial charge in [0.1, 0.15) is 0 Å². The minimum Gasteiger partial charge on any atom is -0.396 e. The van der Waals surface area contributed by atoms with Crippen LogP contribution in [0.25, 0.3) is 0 Å². The van der Waals surface area contributed by atoms with E-state index >= 15 is 0 Å². The molecule has 1 atom stereocenters. The summed E-state index contributed by atoms with van der Waals surface area (Å²) in [6.07, 6.45) is 3.66. The molecule has 0 bridgehead atoms. The van der Waals surface area contributed by atoms with Gasteiger partial charge in [-0.1, -0.05) is 0 Å². The van der Waals surface area contributed by atoms with Crippen molar-refractivity contribution in [3.63, 3.8) is 0 Å². The molecule has 1 aliphatic rings. The zero-order chi connectivity index (χ0) is 12.3. The van der Waals surface area contributed by atoms with Gasteiger partial charge in [0, 0.05) is 26.3 Å². The monoisotopic (exact) mass is 234 g/mol. The highest BCUT2D eigenvalue weighted by atomic mass is 16.1. The Hall–Kier alpha value is -1.78. The third-order valence-corrected chi connectivity index (χ3v) is 3.15. The van der Waals surface area contributed by atoms with Crippen molar-refractivity contribution in [2.75, 3.05) is 30.8 Å². The van der Waals surface area contributed by atoms with Crippen LogP contribution in [0.3, 0.4) is 0 Å². The molecule has 0 saturated carbocycles. The summed E-state index contributed by atoms with van der Waals surface area (Å²) in [5, 5.41) is 2.70. The lowest BCUT2D eigenvalue weighted by molar-refractivity contribution is -0.124. The molecule has 1 fully saturated rings. The fourth-order valence-corrected chi connectivity index (χ4v) is 2.26. The van der Waals surface area contributed by atoms with E-state index in [1.807, 2.05) is 12.1 Å². The van der Waals surface area contributed by atoms with Gasteiger partial charge in [0.15, 0.2) is 5.82 Å². The van der Waals surface area contributed by atoms with Crippen molar-refractivity contribution in [2.45, 2.75) is 12.8 Å². The molecule has 5 heteroatoms. The zero-order valence-corrected chi connectivity index (χ0v) is 10.0. The molecule has 1 unspecified atom stereocenters. The van der Waals surface area contributed by atoms with Gasteiger partial charge in [0.2, 0.25) is 5.91 Å². The van der Waals surface area contributed by atoms with E-state index < -0.39 is 0 Å². The number of nitrogens with zero attached hydrogens (tertiary/aromatic N) is 2. The van der Waals surface area contributed by atoms with Crippen molar-refractivity contribution < 1.29 is 4.79 Å². The quantitative estimate of drug-likeness (QED) is 0.787. The molecular weight excluding hydrogens is 216 g/mol. The number of rotatable bonds is 2. The highest BCUT2D eigenvalue weighted by molar-refractivity contribution is 5.79. The number of aromatic nitrogens is 1. The number of nitrogens with two attached hydrogens (primary N) is 1. The Morgan fingerprint density at radius 2 is 2.47 bits per heavy atom. The molecule has 17 heavy (non-hydrogen) atoms. The van der Waals surface area contributed by atoms with Gasteiger partial charge < -0.3 is 16.0 Å². The van der Waals surface area contributed by atoms with E-state index in [4.69, 9.17) is 5.73 Å². The molecule has 92 valence electrons. The van der Waals surface area contributed by atoms with E-state index in [0.29, 0.717) is 12.2 Å². The number of hydrogen-bond donors (Lipinski definition) is 2. The molecule has 1 saturated heterocycles. The van der Waals surface area contributed by atoms with Crippen LogP contribution in [0.5, 0.6) is 0 Å². The van der Waals surface area contributed by atoms with E-state index in [-0.39, 0.29) is 11.8 Å². The van der Waals surface area contributed by atoms with Crippen LogP contribution in [-0.2, 0) is 4.79 Å². The van der Waals surface area contributed by atoms with Gasteiger partial charge in [-0.3, -0.25) is 4.79 Å². The van der Waals surface area contributed by atoms with Gasteiger partial charge in [-0.25, -0.2) is 4.98 Å². The average molecular weight is 234 g/mol. The first kappa shape index (κ1) is 11.7. The molecule has 0 aromatic carbocycles. The lowest BCUT2D eigenvalue weighted by atomic mass is 9.97. The predicted octanol–water partition coefficient (Wildman–Crippen LogP) is 0.626. The standard InChI is InChI=1S/C12H18N4O/c1-14-12(17)9-4-3-7-16(8-9)11-10(13)5-2-6-15-11/h2,5-6,9H,3-4,7-8,13H2,1H3,(H,14,17). The Morgan fingerprint density at radius 1 is 1.65 bits per heavy atom. The third-order valence-electron chi connectivity index (χ3n) is 3.15. The lowest BCUT2D eigenvalue weighted by Gasteiger charge is -2.33. The Bertz CT molecular complexity index is 407. The minimum atomic E-state index is 0.0372. The number of anilines is 2. The number of carbonyl (C=O) groups is 1. The van der Waals surface area contributed by atoms with Crippen LogP contribution in [0.15, 0.2) is 18.3 Å². The van der Waals surface area contributed by atoms with E-state index in [9.17, 15) is 4.79 Å². The first-order valence-corrected chi connectivity index (χ1v) is 5.89. The number of piperidine rings is 1. The number of carbonyl (C=O) groups excluding carboxylic acids is 1. The molecule has 1 amide bonds. The van der Waals surface area contributed by atoms with Gasteiger partial charge in [-0.15, -0.1) is 0 Å². The maximum atomic E-state index is 11.6. The van der Waals surface area contributed by atoms with Crippen molar-refractivity contribution in [3.8, 4) is 0 Å². The molecule has 0 spiro atoms. The Kier molecular flexibility index (Phi) is 3.46. The number of nitrogen functional groups attached to an aromatic ring is 1. The van der Waals surface area contributed by atoms with E-state index in [1.165, 1.54) is 0 Å². The van der Waals surface area contributed by atoms with Gasteiger partial charge in [0.25, 0.3) is 0 Å². The maximum absolute atomic E-state index is 11.6. The molecule has 1 aliphatic heterocycles. The summed E-state index contributed by atoms with van der Waals surface area (Å²) in [5.74, 6) is 0.931. The SMILES string of the molecule is CNC(=O)C1CCCN(c2ncccc2N)C1. The van der Waals surface area contributed by atoms with Crippen LogP contribution in [0.2, 0.25) is 0 Å². The average Bonchev–Trinajstić information content (AvgIpc) is 2.38. The van der Waals surface area contributed by atoms with Crippen LogP contribution >= 0.6 is 0 Å². The number of pyridine rings is 1. The molecule has 1 aromatic heterocycles. The molecule has 3 N–H and O–H groups in total. The van der Waals surface area contributed by atoms with Gasteiger partial charge >= 0.3 is 0 Å². The van der Waals surface area contributed by atoms with Crippen LogP contribution in [0.1, 0.15) is 12.8 Å². The van der Waals surface area contributed by atoms with E-state index in [2.05, 4.69) is 15.2 Å². The smallest absolute Gasteiger partial charge is 0.224 e. The van der Waals surface area contributed by atoms with Gasteiger partial charge in [0.05, 0.1) is 11.6 Å². The topological polar surface area (TPSA) is 71.2 Å². The highest BCUT2D eigenvalue weighted by Crippen LogP contribution is 2.25. The maximum Gasteiger partial charge on any atom is 0.224 e. The van der Waals surface area contributed by atoms with E-state index in [0.717, 1.165) is 25.2 Å². The number of hydrogen-bond acceptors (Lipinski definition) is 4. The summed E-state index contributed by atoms with van der Waals surface area (Å²) >= 11 is 0. The third kappa shape index (κ3) is 2.49. The molecule has 2 heterocycles. The van der Waals surface area contributed by atoms with Gasteiger partial charge in [-0.05, 0) is 25.0 Å². The molecule has 0 radical (unpaired) electrons. The zero-order valence-electron chi connectivity index (χ0n) is 10.0. The second kappa shape index (κ2) is 5.03. The van der Waals surface area contributed by atoms with Crippen molar-refractivity contribution in [1.29, 1.82) is 0 Å². The van der Waals surface area contributed by atoms with Crippen molar-refractivity contribution in [1.82, 2.24) is 10.3 Å². The lowest BCUT2D eigenvalue weighted by Crippen LogP contribution is -2.42. The van der Waals surface area contributed by atoms with Crippen LogP contribution in [0.4, 0.5) is 11.5 Å². The van der Waals surface area contributed by atoms with Gasteiger partial charge in [-0.2, -0.15) is 0 Å². The normalized spacial score (nSPS) is 20.1. The van der Waals surface area contributed by atoms with E-state index in [1.54, 1.807) is 13.2 Å². The Morgan fingerprint density at radius 3 is 3.18 bits per heavy atom. The minimum absolute atomic E-state index is 0.0372. The summed E-state index contributed by atoms with van der Waals surface area (Å²) in [6.45, 7) is 1.61. The molecule has 2 rings (SSSR count). The van der Waals surface area contributed by atoms with Crippen LogP contribution < -0.4 is 16.0 Å². The first-order valence-electron chi connectivity index (χ1n) is 5.89. The predicted molar refractivity (Wildman–Crippen MR) is 67.7 cm³/mol. The second-order valence-electron chi connectivity index (χ2n) is 4.32. The van der Waals surface area contributed by atoms with Crippen LogP contribution in [0, 0.1) is 5.92 Å². The summed E-state index contributed by atoms with van der Waals surface area (Å²) < 4.78 is 0. The molecule has 0 aliphatic carbocycles. The van der Waals surface area contributed by atoms with Crippen molar-refractivity contribution in [2.24, 2.45) is 5.92 Å². The first-order chi connectivity index (χ1) is 8.22. The molecule has 5 nitrogen and oxygen atoms in total.